The highest BCUT2D eigenvalue weighted by Crippen LogP contribution is 2.52. The quantitative estimate of drug-likeness (QED) is 0.411. The van der Waals surface area contributed by atoms with Gasteiger partial charge in [0.25, 0.3) is 0 Å². The van der Waals surface area contributed by atoms with Crippen LogP contribution in [0.25, 0.3) is 11.1 Å². The van der Waals surface area contributed by atoms with E-state index >= 15 is 0 Å². The number of fused-ring (bicyclic) bond motifs is 3. The molecule has 3 aliphatic rings. The molecule has 5 rings (SSSR count). The van der Waals surface area contributed by atoms with E-state index in [0.717, 1.165) is 24.2 Å². The Morgan fingerprint density at radius 1 is 1.15 bits per heavy atom. The van der Waals surface area contributed by atoms with Gasteiger partial charge in [0.05, 0.1) is 17.5 Å². The number of carbonyl (C=O) groups excluding carboxylic acids is 5. The number of ketones is 4. The molecule has 3 aliphatic carbocycles. The Hall–Kier alpha value is -3.25. The average molecular weight is 582 g/mol. The molecule has 0 aliphatic heterocycles. The van der Waals surface area contributed by atoms with Crippen LogP contribution >= 0.6 is 11.3 Å². The van der Waals surface area contributed by atoms with Crippen LogP contribution in [0.3, 0.4) is 0 Å². The number of thiophene rings is 1. The van der Waals surface area contributed by atoms with Crippen LogP contribution in [0.15, 0.2) is 22.9 Å². The molecule has 218 valence electrons. The van der Waals surface area contributed by atoms with Gasteiger partial charge in [-0.1, -0.05) is 13.8 Å². The predicted molar refractivity (Wildman–Crippen MR) is 151 cm³/mol. The summed E-state index contributed by atoms with van der Waals surface area (Å²) in [5.74, 6) is -10.3. The molecule has 6 atom stereocenters. The van der Waals surface area contributed by atoms with E-state index in [1.54, 1.807) is 14.1 Å². The van der Waals surface area contributed by atoms with Crippen molar-refractivity contribution in [3.05, 3.63) is 39.6 Å². The highest BCUT2D eigenvalue weighted by atomic mass is 32.1. The number of phenols is 1. The predicted octanol–water partition coefficient (Wildman–Crippen LogP) is 1.44. The van der Waals surface area contributed by atoms with Gasteiger partial charge in [-0.15, -0.1) is 0 Å². The number of benzene rings is 1. The summed E-state index contributed by atoms with van der Waals surface area (Å²) in [7, 11) is 3.14. The number of nitrogens with zero attached hydrogens (tertiary/aromatic N) is 2. The van der Waals surface area contributed by atoms with E-state index in [1.807, 2.05) is 36.7 Å². The molecule has 1 amide bonds. The summed E-state index contributed by atoms with van der Waals surface area (Å²) in [5, 5.41) is 27.1. The number of likely N-dealkylation sites (N-methyl/N-ethyl adjacent to an activating group) is 1. The van der Waals surface area contributed by atoms with E-state index in [4.69, 9.17) is 5.73 Å². The maximum absolute atomic E-state index is 14.2. The zero-order chi connectivity index (χ0) is 30.0. The third-order valence-electron chi connectivity index (χ3n) is 9.26. The van der Waals surface area contributed by atoms with Crippen LogP contribution in [0, 0.1) is 23.7 Å². The van der Waals surface area contributed by atoms with E-state index in [9.17, 15) is 34.2 Å². The first-order chi connectivity index (χ1) is 19.4. The fourth-order valence-corrected chi connectivity index (χ4v) is 7.87. The Morgan fingerprint density at radius 3 is 2.39 bits per heavy atom. The Kier molecular flexibility index (Phi) is 7.52. The molecule has 10 nitrogen and oxygen atoms in total. The zero-order valence-electron chi connectivity index (χ0n) is 23.5. The molecule has 6 unspecified atom stereocenters. The lowest BCUT2D eigenvalue weighted by Gasteiger charge is -2.52. The standard InChI is InChI=1S/C30H35N3O7S/c1-5-33(6-2)12-16-10-17(14-7-8-41-13-14)18-9-15-11-19-23(32(3)4)26(36)22(29(31)39)28(38)30(19,40)27(37)20(15)25(35)21(18)24(16)34/h7-8,10,13,15,19-20,22-23,34,40H,5-6,9,11-12H2,1-4H3,(H2,31,39). The van der Waals surface area contributed by atoms with Crippen LogP contribution in [0.1, 0.15) is 41.8 Å². The van der Waals surface area contributed by atoms with Crippen molar-refractivity contribution in [3.63, 3.8) is 0 Å². The second-order valence-corrected chi connectivity index (χ2v) is 12.3. The molecule has 2 aromatic rings. The molecular formula is C30H35N3O7S. The molecular weight excluding hydrogens is 546 g/mol. The number of nitrogens with two attached hydrogens (primary N) is 1. The second kappa shape index (κ2) is 10.5. The van der Waals surface area contributed by atoms with Gasteiger partial charge in [0.1, 0.15) is 5.75 Å². The summed E-state index contributed by atoms with van der Waals surface area (Å²) in [4.78, 5) is 70.8. The lowest BCUT2D eigenvalue weighted by atomic mass is 9.52. The smallest absolute Gasteiger partial charge is 0.235 e. The molecule has 0 spiro atoms. The van der Waals surface area contributed by atoms with Gasteiger partial charge in [-0.05, 0) is 85.5 Å². The summed E-state index contributed by atoms with van der Waals surface area (Å²) in [5.41, 5.74) is 5.52. The fourth-order valence-electron chi connectivity index (χ4n) is 7.21. The number of Topliss-reactive ketones (excluding diaryl/α,β-unsaturated/α-hetero) is 4. The first-order valence-electron chi connectivity index (χ1n) is 13.9. The number of amides is 1. The first kappa shape index (κ1) is 29.2. The lowest BCUT2D eigenvalue weighted by molar-refractivity contribution is -0.181. The van der Waals surface area contributed by atoms with Crippen molar-refractivity contribution in [2.75, 3.05) is 27.2 Å². The molecule has 0 radical (unpaired) electrons. The molecule has 11 heteroatoms. The average Bonchev–Trinajstić information content (AvgIpc) is 3.45. The maximum Gasteiger partial charge on any atom is 0.235 e. The van der Waals surface area contributed by atoms with Gasteiger partial charge in [0.2, 0.25) is 5.91 Å². The Morgan fingerprint density at radius 2 is 1.83 bits per heavy atom. The number of hydrogen-bond acceptors (Lipinski definition) is 10. The van der Waals surface area contributed by atoms with Crippen LogP contribution in [0.5, 0.6) is 5.75 Å². The number of aromatic hydroxyl groups is 1. The number of aliphatic hydroxyl groups is 1. The van der Waals surface area contributed by atoms with Gasteiger partial charge < -0.3 is 15.9 Å². The highest BCUT2D eigenvalue weighted by Gasteiger charge is 2.69. The van der Waals surface area contributed by atoms with Gasteiger partial charge in [0.15, 0.2) is 34.7 Å². The van der Waals surface area contributed by atoms with Crippen molar-refractivity contribution in [2.24, 2.45) is 29.4 Å². The first-order valence-corrected chi connectivity index (χ1v) is 14.8. The minimum absolute atomic E-state index is 0.0228. The van der Waals surface area contributed by atoms with E-state index in [-0.39, 0.29) is 24.2 Å². The van der Waals surface area contributed by atoms with E-state index < -0.39 is 64.4 Å². The third kappa shape index (κ3) is 4.29. The molecule has 1 aromatic heterocycles. The van der Waals surface area contributed by atoms with Gasteiger partial charge in [-0.2, -0.15) is 11.3 Å². The van der Waals surface area contributed by atoms with Gasteiger partial charge in [0, 0.05) is 18.0 Å². The number of rotatable bonds is 7. The molecule has 0 bridgehead atoms. The molecule has 1 heterocycles. The van der Waals surface area contributed by atoms with E-state index in [0.29, 0.717) is 17.7 Å². The minimum Gasteiger partial charge on any atom is -0.507 e. The van der Waals surface area contributed by atoms with Gasteiger partial charge in [-0.3, -0.25) is 33.8 Å². The van der Waals surface area contributed by atoms with Crippen molar-refractivity contribution in [2.45, 2.75) is 44.9 Å². The van der Waals surface area contributed by atoms with Crippen molar-refractivity contribution < 1.29 is 34.2 Å². The molecule has 41 heavy (non-hydrogen) atoms. The van der Waals surface area contributed by atoms with E-state index in [1.165, 1.54) is 16.2 Å². The summed E-state index contributed by atoms with van der Waals surface area (Å²) < 4.78 is 0. The Bertz CT molecular complexity index is 1450. The zero-order valence-corrected chi connectivity index (χ0v) is 24.4. The molecule has 0 saturated heterocycles. The largest absolute Gasteiger partial charge is 0.507 e. The van der Waals surface area contributed by atoms with Gasteiger partial charge >= 0.3 is 0 Å². The van der Waals surface area contributed by atoms with Crippen molar-refractivity contribution >= 4 is 40.4 Å². The second-order valence-electron chi connectivity index (χ2n) is 11.5. The Labute approximate surface area is 242 Å². The van der Waals surface area contributed by atoms with Crippen LogP contribution in [-0.4, -0.2) is 87.9 Å². The van der Waals surface area contributed by atoms with Crippen LogP contribution in [-0.2, 0) is 32.1 Å². The van der Waals surface area contributed by atoms with Gasteiger partial charge in [-0.25, -0.2) is 0 Å². The molecule has 2 fully saturated rings. The van der Waals surface area contributed by atoms with Crippen molar-refractivity contribution in [3.8, 4) is 16.9 Å². The summed E-state index contributed by atoms with van der Waals surface area (Å²) >= 11 is 1.50. The SMILES string of the molecule is CCN(CC)Cc1cc(-c2ccsc2)c2c(c1O)C(=O)C1C(=O)C3(O)C(=O)C(C(N)=O)C(=O)C(N(C)C)C3CC1C2. The fraction of sp³-hybridized carbons (Fsp3) is 0.500. The highest BCUT2D eigenvalue weighted by molar-refractivity contribution is 7.08. The lowest BCUT2D eigenvalue weighted by Crippen LogP contribution is -2.74. The number of hydrogen-bond donors (Lipinski definition) is 3. The molecule has 1 aromatic carbocycles. The van der Waals surface area contributed by atoms with Crippen LogP contribution in [0.4, 0.5) is 0 Å². The molecule has 2 saturated carbocycles. The van der Waals surface area contributed by atoms with Crippen LogP contribution in [0.2, 0.25) is 0 Å². The minimum atomic E-state index is -2.73. The normalized spacial score (nSPS) is 29.5. The summed E-state index contributed by atoms with van der Waals surface area (Å²) in [6, 6.07) is 2.71. The summed E-state index contributed by atoms with van der Waals surface area (Å²) in [6.07, 6.45) is 0.255. The molecule has 4 N–H and O–H groups in total. The Balaban J connectivity index is 1.68. The summed E-state index contributed by atoms with van der Waals surface area (Å²) in [6.45, 7) is 5.83. The number of phenolic OH excluding ortho intramolecular Hbond substituents is 1. The number of carbonyl (C=O) groups is 5. The maximum atomic E-state index is 14.2. The van der Waals surface area contributed by atoms with E-state index in [2.05, 4.69) is 4.90 Å². The monoisotopic (exact) mass is 581 g/mol. The number of primary amides is 1. The third-order valence-corrected chi connectivity index (χ3v) is 9.94. The van der Waals surface area contributed by atoms with Crippen molar-refractivity contribution in [1.29, 1.82) is 0 Å². The van der Waals surface area contributed by atoms with Crippen molar-refractivity contribution in [1.82, 2.24) is 9.80 Å². The van der Waals surface area contributed by atoms with Crippen LogP contribution < -0.4 is 5.73 Å². The topological polar surface area (TPSA) is 158 Å².